The van der Waals surface area contributed by atoms with Crippen molar-refractivity contribution in [3.8, 4) is 0 Å². The fourth-order valence-electron chi connectivity index (χ4n) is 3.56. The highest BCUT2D eigenvalue weighted by Crippen LogP contribution is 2.30. The van der Waals surface area contributed by atoms with Crippen LogP contribution in [-0.2, 0) is 16.4 Å². The standard InChI is InChI=1S/C21H23N5O2S/c1-5-19-23-24-21-20(22-16-9-7-8-10-17(16)26(19)21)25(6-2)29(27,28)18-13-14(3)11-12-15(18)4/h7-13H,5-6H2,1-4H3. The maximum Gasteiger partial charge on any atom is 0.265 e. The third-order valence-corrected chi connectivity index (χ3v) is 7.04. The molecule has 7 nitrogen and oxygen atoms in total. The number of rotatable bonds is 5. The summed E-state index contributed by atoms with van der Waals surface area (Å²) in [6, 6.07) is 13.1. The number of hydrogen-bond donors (Lipinski definition) is 0. The molecule has 0 aliphatic carbocycles. The van der Waals surface area contributed by atoms with Crippen molar-refractivity contribution >= 4 is 32.5 Å². The van der Waals surface area contributed by atoms with Gasteiger partial charge >= 0.3 is 0 Å². The van der Waals surface area contributed by atoms with Gasteiger partial charge in [0, 0.05) is 13.0 Å². The van der Waals surface area contributed by atoms with Crippen LogP contribution < -0.4 is 4.31 Å². The average Bonchev–Trinajstić information content (AvgIpc) is 3.15. The molecule has 0 unspecified atom stereocenters. The molecule has 0 aliphatic rings. The Balaban J connectivity index is 2.03. The van der Waals surface area contributed by atoms with Gasteiger partial charge in [-0.25, -0.2) is 17.7 Å². The first-order chi connectivity index (χ1) is 13.9. The minimum Gasteiger partial charge on any atom is -0.274 e. The molecule has 29 heavy (non-hydrogen) atoms. The second-order valence-electron chi connectivity index (χ2n) is 6.99. The van der Waals surface area contributed by atoms with Crippen LogP contribution in [0.3, 0.4) is 0 Å². The van der Waals surface area contributed by atoms with E-state index in [-0.39, 0.29) is 11.4 Å². The molecule has 4 rings (SSSR count). The van der Waals surface area contributed by atoms with E-state index in [1.54, 1.807) is 19.9 Å². The molecule has 2 aromatic carbocycles. The van der Waals surface area contributed by atoms with Crippen molar-refractivity contribution < 1.29 is 8.42 Å². The third kappa shape index (κ3) is 3.04. The van der Waals surface area contributed by atoms with Gasteiger partial charge in [0.15, 0.2) is 5.82 Å². The smallest absolute Gasteiger partial charge is 0.265 e. The minimum atomic E-state index is -3.83. The fourth-order valence-corrected chi connectivity index (χ4v) is 5.30. The molecule has 0 aliphatic heterocycles. The van der Waals surface area contributed by atoms with Gasteiger partial charge in [-0.05, 0) is 50.1 Å². The molecule has 0 saturated carbocycles. The highest BCUT2D eigenvalue weighted by Gasteiger charge is 2.30. The van der Waals surface area contributed by atoms with Crippen molar-refractivity contribution in [3.05, 3.63) is 59.4 Å². The lowest BCUT2D eigenvalue weighted by molar-refractivity contribution is 0.590. The molecule has 4 aromatic rings. The third-order valence-electron chi connectivity index (χ3n) is 5.03. The van der Waals surface area contributed by atoms with Gasteiger partial charge in [0.2, 0.25) is 5.65 Å². The van der Waals surface area contributed by atoms with Gasteiger partial charge in [-0.15, -0.1) is 10.2 Å². The number of aryl methyl sites for hydroxylation is 3. The number of hydrogen-bond acceptors (Lipinski definition) is 5. The number of fused-ring (bicyclic) bond motifs is 3. The lowest BCUT2D eigenvalue weighted by atomic mass is 10.2. The second kappa shape index (κ2) is 7.11. The van der Waals surface area contributed by atoms with E-state index in [2.05, 4.69) is 15.2 Å². The Morgan fingerprint density at radius 3 is 2.52 bits per heavy atom. The lowest BCUT2D eigenvalue weighted by Gasteiger charge is -2.23. The van der Waals surface area contributed by atoms with Crippen LogP contribution in [0.4, 0.5) is 5.82 Å². The van der Waals surface area contributed by atoms with Crippen LogP contribution in [0.5, 0.6) is 0 Å². The molecule has 0 bridgehead atoms. The molecule has 0 spiro atoms. The second-order valence-corrected chi connectivity index (χ2v) is 8.82. The first-order valence-electron chi connectivity index (χ1n) is 9.61. The number of nitrogens with zero attached hydrogens (tertiary/aromatic N) is 5. The zero-order valence-electron chi connectivity index (χ0n) is 16.9. The van der Waals surface area contributed by atoms with E-state index in [1.165, 1.54) is 4.31 Å². The van der Waals surface area contributed by atoms with Crippen molar-refractivity contribution in [2.24, 2.45) is 0 Å². The lowest BCUT2D eigenvalue weighted by Crippen LogP contribution is -2.32. The van der Waals surface area contributed by atoms with Crippen LogP contribution in [0.25, 0.3) is 16.7 Å². The molecular weight excluding hydrogens is 386 g/mol. The normalized spacial score (nSPS) is 12.0. The van der Waals surface area contributed by atoms with E-state index >= 15 is 0 Å². The van der Waals surface area contributed by atoms with Gasteiger partial charge in [0.1, 0.15) is 5.82 Å². The van der Waals surface area contributed by atoms with Crippen molar-refractivity contribution in [1.82, 2.24) is 19.6 Å². The minimum absolute atomic E-state index is 0.227. The van der Waals surface area contributed by atoms with Crippen LogP contribution in [0.15, 0.2) is 47.4 Å². The van der Waals surface area contributed by atoms with Crippen LogP contribution in [0, 0.1) is 13.8 Å². The molecule has 0 N–H and O–H groups in total. The first kappa shape index (κ1) is 19.3. The van der Waals surface area contributed by atoms with E-state index in [9.17, 15) is 8.42 Å². The summed E-state index contributed by atoms with van der Waals surface area (Å²) in [5.41, 5.74) is 3.57. The van der Waals surface area contributed by atoms with Crippen molar-refractivity contribution in [1.29, 1.82) is 0 Å². The molecule has 0 radical (unpaired) electrons. The summed E-state index contributed by atoms with van der Waals surface area (Å²) < 4.78 is 30.5. The van der Waals surface area contributed by atoms with Gasteiger partial charge in [0.05, 0.1) is 15.9 Å². The summed E-state index contributed by atoms with van der Waals surface area (Å²) in [6.45, 7) is 7.71. The molecule has 0 amide bonds. The van der Waals surface area contributed by atoms with Crippen LogP contribution in [-0.4, -0.2) is 34.5 Å². The highest BCUT2D eigenvalue weighted by atomic mass is 32.2. The predicted molar refractivity (Wildman–Crippen MR) is 114 cm³/mol. The molecule has 0 atom stereocenters. The van der Waals surface area contributed by atoms with Gasteiger partial charge in [-0.2, -0.15) is 0 Å². The number of sulfonamides is 1. The Morgan fingerprint density at radius 2 is 1.79 bits per heavy atom. The van der Waals surface area contributed by atoms with Crippen molar-refractivity contribution in [2.75, 3.05) is 10.8 Å². The molecule has 8 heteroatoms. The Morgan fingerprint density at radius 1 is 1.03 bits per heavy atom. The van der Waals surface area contributed by atoms with Gasteiger partial charge in [-0.3, -0.25) is 4.40 Å². The largest absolute Gasteiger partial charge is 0.274 e. The number of para-hydroxylation sites is 2. The number of anilines is 1. The Hall–Kier alpha value is -3.00. The quantitative estimate of drug-likeness (QED) is 0.502. The van der Waals surface area contributed by atoms with E-state index in [4.69, 9.17) is 0 Å². The Kier molecular flexibility index (Phi) is 4.74. The van der Waals surface area contributed by atoms with Crippen LogP contribution >= 0.6 is 0 Å². The topological polar surface area (TPSA) is 80.5 Å². The molecule has 0 fully saturated rings. The van der Waals surface area contributed by atoms with Gasteiger partial charge < -0.3 is 0 Å². The Bertz CT molecular complexity index is 1330. The molecular formula is C21H23N5O2S. The van der Waals surface area contributed by atoms with E-state index in [0.717, 1.165) is 16.9 Å². The predicted octanol–water partition coefficient (Wildman–Crippen LogP) is 3.67. The molecule has 150 valence electrons. The highest BCUT2D eigenvalue weighted by molar-refractivity contribution is 7.92. The maximum atomic E-state index is 13.6. The molecule has 2 heterocycles. The SMILES string of the molecule is CCc1nnc2c(N(CC)S(=O)(=O)c3cc(C)ccc3C)nc3ccccc3n12. The Labute approximate surface area is 170 Å². The monoisotopic (exact) mass is 409 g/mol. The zero-order valence-corrected chi connectivity index (χ0v) is 17.7. The van der Waals surface area contributed by atoms with Crippen LogP contribution in [0.2, 0.25) is 0 Å². The van der Waals surface area contributed by atoms with E-state index < -0.39 is 10.0 Å². The number of aromatic nitrogens is 4. The average molecular weight is 410 g/mol. The fraction of sp³-hybridized carbons (Fsp3) is 0.286. The van der Waals surface area contributed by atoms with Gasteiger partial charge in [0.25, 0.3) is 10.0 Å². The summed E-state index contributed by atoms with van der Waals surface area (Å²) in [7, 11) is -3.83. The van der Waals surface area contributed by atoms with Crippen molar-refractivity contribution in [3.63, 3.8) is 0 Å². The summed E-state index contributed by atoms with van der Waals surface area (Å²) in [6.07, 6.45) is 0.671. The van der Waals surface area contributed by atoms with E-state index in [1.807, 2.05) is 54.6 Å². The summed E-state index contributed by atoms with van der Waals surface area (Å²) in [4.78, 5) is 4.97. The van der Waals surface area contributed by atoms with Crippen LogP contribution in [0.1, 0.15) is 30.8 Å². The first-order valence-corrected chi connectivity index (χ1v) is 11.0. The summed E-state index contributed by atoms with van der Waals surface area (Å²) in [5.74, 6) is 1.05. The summed E-state index contributed by atoms with van der Waals surface area (Å²) >= 11 is 0. The zero-order chi connectivity index (χ0) is 20.8. The molecule has 2 aromatic heterocycles. The molecule has 0 saturated heterocycles. The summed E-state index contributed by atoms with van der Waals surface area (Å²) in [5, 5.41) is 8.58. The van der Waals surface area contributed by atoms with E-state index in [0.29, 0.717) is 29.0 Å². The maximum absolute atomic E-state index is 13.6. The van der Waals surface area contributed by atoms with Gasteiger partial charge in [-0.1, -0.05) is 31.2 Å². The number of benzene rings is 2. The van der Waals surface area contributed by atoms with Crippen molar-refractivity contribution in [2.45, 2.75) is 39.0 Å².